The van der Waals surface area contributed by atoms with Crippen LogP contribution in [-0.2, 0) is 0 Å². The van der Waals surface area contributed by atoms with E-state index in [0.717, 1.165) is 48.8 Å². The molecule has 0 atom stereocenters. The molecular formula is C13H21Cl2N3O. The summed E-state index contributed by atoms with van der Waals surface area (Å²) in [4.78, 5) is 4.34. The summed E-state index contributed by atoms with van der Waals surface area (Å²) in [6.07, 6.45) is 1.93. The fraction of sp³-hybridized carbons (Fsp3) is 0.462. The van der Waals surface area contributed by atoms with Crippen LogP contribution in [0.1, 0.15) is 18.4 Å². The predicted molar refractivity (Wildman–Crippen MR) is 85.1 cm³/mol. The summed E-state index contributed by atoms with van der Waals surface area (Å²) in [6, 6.07) is 5.76. The van der Waals surface area contributed by atoms with Crippen LogP contribution < -0.4 is 15.8 Å². The van der Waals surface area contributed by atoms with Gasteiger partial charge in [0.1, 0.15) is 5.75 Å². The van der Waals surface area contributed by atoms with Crippen LogP contribution >= 0.6 is 24.8 Å². The van der Waals surface area contributed by atoms with E-state index >= 15 is 0 Å². The van der Waals surface area contributed by atoms with E-state index in [9.17, 15) is 0 Å². The Morgan fingerprint density at radius 2 is 2.16 bits per heavy atom. The van der Waals surface area contributed by atoms with Gasteiger partial charge < -0.3 is 15.8 Å². The Labute approximate surface area is 126 Å². The van der Waals surface area contributed by atoms with Crippen LogP contribution in [0, 0.1) is 6.92 Å². The Balaban J connectivity index is 0.00000162. The highest BCUT2D eigenvalue weighted by molar-refractivity contribution is 5.85. The molecule has 3 N–H and O–H groups in total. The van der Waals surface area contributed by atoms with Crippen LogP contribution in [-0.4, -0.2) is 25.5 Å². The number of nitrogens with zero attached hydrogens (tertiary/aromatic N) is 1. The van der Waals surface area contributed by atoms with Crippen LogP contribution in [0.2, 0.25) is 0 Å². The van der Waals surface area contributed by atoms with Gasteiger partial charge in [-0.1, -0.05) is 6.07 Å². The third-order valence-corrected chi connectivity index (χ3v) is 2.89. The molecule has 0 saturated carbocycles. The third-order valence-electron chi connectivity index (χ3n) is 2.89. The van der Waals surface area contributed by atoms with Gasteiger partial charge in [-0.05, 0) is 25.5 Å². The maximum absolute atomic E-state index is 5.82. The molecule has 0 radical (unpaired) electrons. The molecule has 0 fully saturated rings. The first-order chi connectivity index (χ1) is 8.27. The average molecular weight is 306 g/mol. The fourth-order valence-electron chi connectivity index (χ4n) is 1.82. The predicted octanol–water partition coefficient (Wildman–Crippen LogP) is 2.58. The molecule has 1 heterocycles. The van der Waals surface area contributed by atoms with Crippen molar-refractivity contribution in [2.45, 2.75) is 19.8 Å². The standard InChI is InChI=1S/C13H19N3O.2ClH/c1-10-11(14)4-2-5-12(10)17-9-3-6-13-15-7-8-16-13;;/h2,4-5H,3,6-9,14H2,1H3,(H,15,16);2*1H. The summed E-state index contributed by atoms with van der Waals surface area (Å²) in [5, 5.41) is 3.25. The van der Waals surface area contributed by atoms with Gasteiger partial charge in [0, 0.05) is 24.2 Å². The van der Waals surface area contributed by atoms with E-state index < -0.39 is 0 Å². The molecule has 4 nitrogen and oxygen atoms in total. The molecule has 0 spiro atoms. The van der Waals surface area contributed by atoms with E-state index in [0.29, 0.717) is 6.61 Å². The van der Waals surface area contributed by atoms with Crippen molar-refractivity contribution in [3.8, 4) is 5.75 Å². The number of aliphatic imine (C=N–C) groups is 1. The highest BCUT2D eigenvalue weighted by atomic mass is 35.5. The largest absolute Gasteiger partial charge is 0.493 e. The highest BCUT2D eigenvalue weighted by Gasteiger charge is 2.05. The van der Waals surface area contributed by atoms with E-state index in [2.05, 4.69) is 10.3 Å². The van der Waals surface area contributed by atoms with Gasteiger partial charge in [0.05, 0.1) is 19.0 Å². The van der Waals surface area contributed by atoms with Crippen molar-refractivity contribution in [2.75, 3.05) is 25.4 Å². The van der Waals surface area contributed by atoms with Gasteiger partial charge in [0.2, 0.25) is 0 Å². The lowest BCUT2D eigenvalue weighted by Gasteiger charge is -2.10. The molecule has 6 heteroatoms. The molecule has 19 heavy (non-hydrogen) atoms. The van der Waals surface area contributed by atoms with Crippen molar-refractivity contribution in [1.29, 1.82) is 0 Å². The lowest BCUT2D eigenvalue weighted by atomic mass is 10.2. The number of halogens is 2. The van der Waals surface area contributed by atoms with Gasteiger partial charge >= 0.3 is 0 Å². The summed E-state index contributed by atoms with van der Waals surface area (Å²) < 4.78 is 5.71. The van der Waals surface area contributed by atoms with Crippen LogP contribution in [0.25, 0.3) is 0 Å². The topological polar surface area (TPSA) is 59.6 Å². The maximum atomic E-state index is 5.82. The summed E-state index contributed by atoms with van der Waals surface area (Å²) in [7, 11) is 0. The molecule has 1 aliphatic rings. The van der Waals surface area contributed by atoms with Crippen LogP contribution in [0.5, 0.6) is 5.75 Å². The van der Waals surface area contributed by atoms with E-state index in [4.69, 9.17) is 10.5 Å². The number of hydrogen-bond acceptors (Lipinski definition) is 4. The van der Waals surface area contributed by atoms with E-state index in [1.807, 2.05) is 25.1 Å². The minimum atomic E-state index is 0. The van der Waals surface area contributed by atoms with Crippen molar-refractivity contribution >= 4 is 36.3 Å². The lowest BCUT2D eigenvalue weighted by molar-refractivity contribution is 0.311. The molecule has 2 rings (SSSR count). The van der Waals surface area contributed by atoms with Gasteiger partial charge in [-0.15, -0.1) is 24.8 Å². The van der Waals surface area contributed by atoms with Gasteiger partial charge in [0.25, 0.3) is 0 Å². The monoisotopic (exact) mass is 305 g/mol. The Hall–Kier alpha value is -1.13. The Kier molecular flexibility index (Phi) is 8.35. The first-order valence-corrected chi connectivity index (χ1v) is 6.02. The van der Waals surface area contributed by atoms with E-state index in [-0.39, 0.29) is 24.8 Å². The molecule has 0 saturated heterocycles. The molecule has 0 amide bonds. The Morgan fingerprint density at radius 3 is 2.84 bits per heavy atom. The van der Waals surface area contributed by atoms with Crippen molar-refractivity contribution in [1.82, 2.24) is 5.32 Å². The molecule has 108 valence electrons. The number of anilines is 1. The Bertz CT molecular complexity index is 424. The summed E-state index contributed by atoms with van der Waals surface area (Å²) >= 11 is 0. The highest BCUT2D eigenvalue weighted by Crippen LogP contribution is 2.22. The lowest BCUT2D eigenvalue weighted by Crippen LogP contribution is -2.18. The molecule has 0 aromatic heterocycles. The van der Waals surface area contributed by atoms with Crippen LogP contribution in [0.4, 0.5) is 5.69 Å². The maximum Gasteiger partial charge on any atom is 0.124 e. The molecular weight excluding hydrogens is 285 g/mol. The quantitative estimate of drug-likeness (QED) is 0.649. The minimum absolute atomic E-state index is 0. The number of amidine groups is 1. The number of benzene rings is 1. The summed E-state index contributed by atoms with van der Waals surface area (Å²) in [5.41, 5.74) is 7.61. The number of nitrogens with one attached hydrogen (secondary N) is 1. The smallest absolute Gasteiger partial charge is 0.124 e. The van der Waals surface area contributed by atoms with Crippen LogP contribution in [0.3, 0.4) is 0 Å². The van der Waals surface area contributed by atoms with Gasteiger partial charge in [-0.2, -0.15) is 0 Å². The fourth-order valence-corrected chi connectivity index (χ4v) is 1.82. The number of ether oxygens (including phenoxy) is 1. The van der Waals surface area contributed by atoms with Crippen molar-refractivity contribution in [2.24, 2.45) is 4.99 Å². The van der Waals surface area contributed by atoms with Crippen molar-refractivity contribution in [3.63, 3.8) is 0 Å². The zero-order chi connectivity index (χ0) is 12.1. The zero-order valence-corrected chi connectivity index (χ0v) is 12.6. The van der Waals surface area contributed by atoms with Crippen LogP contribution in [0.15, 0.2) is 23.2 Å². The summed E-state index contributed by atoms with van der Waals surface area (Å²) in [5.74, 6) is 1.99. The second kappa shape index (κ2) is 8.88. The average Bonchev–Trinajstić information content (AvgIpc) is 2.83. The number of rotatable bonds is 5. The number of hydrogen-bond donors (Lipinski definition) is 2. The van der Waals surface area contributed by atoms with Gasteiger partial charge in [-0.3, -0.25) is 4.99 Å². The normalized spacial score (nSPS) is 12.8. The zero-order valence-electron chi connectivity index (χ0n) is 11.0. The third kappa shape index (κ3) is 5.17. The summed E-state index contributed by atoms with van der Waals surface area (Å²) in [6.45, 7) is 4.56. The molecule has 0 bridgehead atoms. The first-order valence-electron chi connectivity index (χ1n) is 6.02. The van der Waals surface area contributed by atoms with Gasteiger partial charge in [0.15, 0.2) is 0 Å². The molecule has 1 aromatic carbocycles. The van der Waals surface area contributed by atoms with Crippen molar-refractivity contribution in [3.05, 3.63) is 23.8 Å². The number of nitrogen functional groups attached to an aromatic ring is 1. The SMILES string of the molecule is Cc1c(N)cccc1OCCCC1=NCCN1.Cl.Cl. The second-order valence-corrected chi connectivity index (χ2v) is 4.18. The Morgan fingerprint density at radius 1 is 1.37 bits per heavy atom. The second-order valence-electron chi connectivity index (χ2n) is 4.18. The molecule has 1 aliphatic heterocycles. The van der Waals surface area contributed by atoms with E-state index in [1.165, 1.54) is 0 Å². The molecule has 1 aromatic rings. The molecule has 0 unspecified atom stereocenters. The van der Waals surface area contributed by atoms with Gasteiger partial charge in [-0.25, -0.2) is 0 Å². The van der Waals surface area contributed by atoms with Crippen molar-refractivity contribution < 1.29 is 4.74 Å². The first kappa shape index (κ1) is 17.9. The molecule has 0 aliphatic carbocycles. The minimum Gasteiger partial charge on any atom is -0.493 e. The van der Waals surface area contributed by atoms with E-state index in [1.54, 1.807) is 0 Å². The number of nitrogens with two attached hydrogens (primary N) is 1.